The Balaban J connectivity index is 1.75. The molecule has 0 spiro atoms. The molecule has 1 aromatic carbocycles. The zero-order chi connectivity index (χ0) is 16.4. The van der Waals surface area contributed by atoms with Crippen molar-refractivity contribution in [3.63, 3.8) is 0 Å². The molecule has 2 N–H and O–H groups in total. The fraction of sp³-hybridized carbons (Fsp3) is 0.562. The molecule has 1 unspecified atom stereocenters. The summed E-state index contributed by atoms with van der Waals surface area (Å²) in [5, 5.41) is 3.28. The van der Waals surface area contributed by atoms with Gasteiger partial charge in [-0.1, -0.05) is 6.07 Å². The van der Waals surface area contributed by atoms with Gasteiger partial charge in [-0.25, -0.2) is 13.1 Å². The number of likely N-dealkylation sites (tertiary alicyclic amines) is 1. The first kappa shape index (κ1) is 16.4. The van der Waals surface area contributed by atoms with Crippen LogP contribution in [0.25, 0.3) is 0 Å². The van der Waals surface area contributed by atoms with Crippen LogP contribution in [0.15, 0.2) is 18.2 Å². The van der Waals surface area contributed by atoms with E-state index in [0.29, 0.717) is 12.1 Å². The van der Waals surface area contributed by atoms with E-state index in [4.69, 9.17) is 0 Å². The SMILES string of the molecule is CS(=O)(=O)NCC1CCCCN1C(=O)c1ccc2c(c1)CNC2. The van der Waals surface area contributed by atoms with Gasteiger partial charge in [-0.2, -0.15) is 0 Å². The number of fused-ring (bicyclic) bond motifs is 1. The molecule has 2 heterocycles. The summed E-state index contributed by atoms with van der Waals surface area (Å²) in [7, 11) is -3.24. The highest BCUT2D eigenvalue weighted by molar-refractivity contribution is 7.88. The van der Waals surface area contributed by atoms with Gasteiger partial charge in [-0.3, -0.25) is 4.79 Å². The molecular formula is C16H23N3O3S. The fourth-order valence-electron chi connectivity index (χ4n) is 3.32. The summed E-state index contributed by atoms with van der Waals surface area (Å²) in [5.74, 6) is -0.000277. The quantitative estimate of drug-likeness (QED) is 0.853. The van der Waals surface area contributed by atoms with E-state index in [1.165, 1.54) is 11.1 Å². The van der Waals surface area contributed by atoms with E-state index in [1.807, 2.05) is 23.1 Å². The molecular weight excluding hydrogens is 314 g/mol. The summed E-state index contributed by atoms with van der Waals surface area (Å²) >= 11 is 0. The maximum atomic E-state index is 12.9. The van der Waals surface area contributed by atoms with Crippen molar-refractivity contribution in [2.45, 2.75) is 38.4 Å². The van der Waals surface area contributed by atoms with Crippen LogP contribution in [0.5, 0.6) is 0 Å². The van der Waals surface area contributed by atoms with Gasteiger partial charge in [-0.05, 0) is 42.5 Å². The minimum Gasteiger partial charge on any atom is -0.334 e. The molecule has 0 bridgehead atoms. The predicted octanol–water partition coefficient (Wildman–Crippen LogP) is 0.834. The molecule has 1 fully saturated rings. The topological polar surface area (TPSA) is 78.5 Å². The Hall–Kier alpha value is -1.44. The van der Waals surface area contributed by atoms with Gasteiger partial charge in [0, 0.05) is 37.8 Å². The van der Waals surface area contributed by atoms with Crippen molar-refractivity contribution >= 4 is 15.9 Å². The van der Waals surface area contributed by atoms with E-state index in [2.05, 4.69) is 10.0 Å². The molecule has 23 heavy (non-hydrogen) atoms. The maximum absolute atomic E-state index is 12.9. The molecule has 0 aliphatic carbocycles. The Bertz CT molecular complexity index is 703. The maximum Gasteiger partial charge on any atom is 0.254 e. The van der Waals surface area contributed by atoms with Gasteiger partial charge in [-0.15, -0.1) is 0 Å². The highest BCUT2D eigenvalue weighted by Gasteiger charge is 2.28. The van der Waals surface area contributed by atoms with Gasteiger partial charge in [0.2, 0.25) is 10.0 Å². The second kappa shape index (κ2) is 6.59. The summed E-state index contributed by atoms with van der Waals surface area (Å²) < 4.78 is 25.2. The number of hydrogen-bond donors (Lipinski definition) is 2. The second-order valence-electron chi connectivity index (χ2n) is 6.36. The van der Waals surface area contributed by atoms with E-state index in [-0.39, 0.29) is 18.5 Å². The lowest BCUT2D eigenvalue weighted by atomic mass is 9.99. The number of piperidine rings is 1. The van der Waals surface area contributed by atoms with Crippen LogP contribution in [-0.2, 0) is 23.1 Å². The number of nitrogens with zero attached hydrogens (tertiary/aromatic N) is 1. The van der Waals surface area contributed by atoms with Crippen LogP contribution < -0.4 is 10.0 Å². The van der Waals surface area contributed by atoms with E-state index in [9.17, 15) is 13.2 Å². The molecule has 2 aliphatic heterocycles. The lowest BCUT2D eigenvalue weighted by Crippen LogP contribution is -2.49. The van der Waals surface area contributed by atoms with Gasteiger partial charge in [0.25, 0.3) is 5.91 Å². The molecule has 0 saturated carbocycles. The lowest BCUT2D eigenvalue weighted by molar-refractivity contribution is 0.0618. The monoisotopic (exact) mass is 337 g/mol. The molecule has 126 valence electrons. The molecule has 1 saturated heterocycles. The van der Waals surface area contributed by atoms with Crippen molar-refractivity contribution in [1.82, 2.24) is 14.9 Å². The highest BCUT2D eigenvalue weighted by atomic mass is 32.2. The third-order valence-electron chi connectivity index (χ3n) is 4.55. The van der Waals surface area contributed by atoms with Gasteiger partial charge < -0.3 is 10.2 Å². The minimum atomic E-state index is -3.24. The van der Waals surface area contributed by atoms with Crippen LogP contribution in [0.2, 0.25) is 0 Å². The Kier molecular flexibility index (Phi) is 4.70. The third-order valence-corrected chi connectivity index (χ3v) is 5.24. The van der Waals surface area contributed by atoms with E-state index >= 15 is 0 Å². The lowest BCUT2D eigenvalue weighted by Gasteiger charge is -2.36. The van der Waals surface area contributed by atoms with Gasteiger partial charge >= 0.3 is 0 Å². The Labute approximate surface area is 137 Å². The Morgan fingerprint density at radius 2 is 2.09 bits per heavy atom. The molecule has 0 aromatic heterocycles. The first-order valence-corrected chi connectivity index (χ1v) is 9.91. The van der Waals surface area contributed by atoms with Gasteiger partial charge in [0.1, 0.15) is 0 Å². The molecule has 0 radical (unpaired) electrons. The van der Waals surface area contributed by atoms with E-state index in [0.717, 1.165) is 38.6 Å². The number of nitrogens with one attached hydrogen (secondary N) is 2. The normalized spacial score (nSPS) is 21.3. The van der Waals surface area contributed by atoms with Crippen LogP contribution in [0, 0.1) is 0 Å². The predicted molar refractivity (Wildman–Crippen MR) is 88.5 cm³/mol. The summed E-state index contributed by atoms with van der Waals surface area (Å²) in [6.45, 7) is 2.63. The summed E-state index contributed by atoms with van der Waals surface area (Å²) in [6.07, 6.45) is 3.97. The standard InChI is InChI=1S/C16H23N3O3S/c1-23(21,22)18-11-15-4-2-3-7-19(15)16(20)12-5-6-13-9-17-10-14(13)8-12/h5-6,8,15,17-18H,2-4,7,9-11H2,1H3. The molecule has 7 heteroatoms. The summed E-state index contributed by atoms with van der Waals surface area (Å²) in [6, 6.07) is 5.78. The number of amides is 1. The van der Waals surface area contributed by atoms with Crippen molar-refractivity contribution in [2.75, 3.05) is 19.3 Å². The van der Waals surface area contributed by atoms with Crippen LogP contribution in [0.3, 0.4) is 0 Å². The summed E-state index contributed by atoms with van der Waals surface area (Å²) in [4.78, 5) is 14.7. The van der Waals surface area contributed by atoms with Crippen LogP contribution in [0.1, 0.15) is 40.7 Å². The van der Waals surface area contributed by atoms with Crippen LogP contribution >= 0.6 is 0 Å². The highest BCUT2D eigenvalue weighted by Crippen LogP contribution is 2.22. The van der Waals surface area contributed by atoms with Crippen molar-refractivity contribution in [2.24, 2.45) is 0 Å². The van der Waals surface area contributed by atoms with E-state index in [1.54, 1.807) is 0 Å². The zero-order valence-corrected chi connectivity index (χ0v) is 14.2. The number of hydrogen-bond acceptors (Lipinski definition) is 4. The molecule has 3 rings (SSSR count). The van der Waals surface area contributed by atoms with Crippen molar-refractivity contribution < 1.29 is 13.2 Å². The number of carbonyl (C=O) groups is 1. The molecule has 1 aromatic rings. The van der Waals surface area contributed by atoms with Crippen LogP contribution in [-0.4, -0.2) is 44.6 Å². The number of carbonyl (C=O) groups excluding carboxylic acids is 1. The fourth-order valence-corrected chi connectivity index (χ4v) is 3.82. The Morgan fingerprint density at radius 3 is 2.87 bits per heavy atom. The smallest absolute Gasteiger partial charge is 0.254 e. The third kappa shape index (κ3) is 3.91. The first-order chi connectivity index (χ1) is 10.9. The van der Waals surface area contributed by atoms with Gasteiger partial charge in [0.15, 0.2) is 0 Å². The average molecular weight is 337 g/mol. The molecule has 1 atom stereocenters. The van der Waals surface area contributed by atoms with Crippen molar-refractivity contribution in [1.29, 1.82) is 0 Å². The molecule has 6 nitrogen and oxygen atoms in total. The average Bonchev–Trinajstić information content (AvgIpc) is 2.99. The molecule has 2 aliphatic rings. The van der Waals surface area contributed by atoms with Gasteiger partial charge in [0.05, 0.1) is 6.26 Å². The van der Waals surface area contributed by atoms with Crippen molar-refractivity contribution in [3.05, 3.63) is 34.9 Å². The van der Waals surface area contributed by atoms with E-state index < -0.39 is 10.0 Å². The molecule has 1 amide bonds. The number of sulfonamides is 1. The number of rotatable bonds is 4. The summed E-state index contributed by atoms with van der Waals surface area (Å²) in [5.41, 5.74) is 3.12. The second-order valence-corrected chi connectivity index (χ2v) is 8.19. The van der Waals surface area contributed by atoms with Crippen molar-refractivity contribution in [3.8, 4) is 0 Å². The Morgan fingerprint density at radius 1 is 1.30 bits per heavy atom. The first-order valence-electron chi connectivity index (χ1n) is 8.02. The van der Waals surface area contributed by atoms with Crippen LogP contribution in [0.4, 0.5) is 0 Å². The minimum absolute atomic E-state index is 0.000277. The number of benzene rings is 1. The largest absolute Gasteiger partial charge is 0.334 e. The zero-order valence-electron chi connectivity index (χ0n) is 13.3.